The van der Waals surface area contributed by atoms with E-state index < -0.39 is 0 Å². The smallest absolute Gasteiger partial charge is 0.126 e. The highest BCUT2D eigenvalue weighted by Gasteiger charge is 2.06. The lowest BCUT2D eigenvalue weighted by atomic mass is 10.1. The summed E-state index contributed by atoms with van der Waals surface area (Å²) in [6.45, 7) is 13.7. The molecular weight excluding hydrogens is 448 g/mol. The second kappa shape index (κ2) is 16.6. The standard InChI is InChI=1S/C30H46N4O2/c1-5-33(6-2)27-17-15-25(29(35)21-27)23-31-19-13-11-9-10-12-14-20-32-24-26-16-18-28(22-30(26)36)34(7-3)8-4/h15-18,21-24,35-36H,5-14,19-20H2,1-4H3/b31-23+,32-24+. The fraction of sp³-hybridized carbons (Fsp3) is 0.533. The van der Waals surface area contributed by atoms with Crippen LogP contribution in [0.15, 0.2) is 46.4 Å². The minimum atomic E-state index is 0.290. The zero-order valence-corrected chi connectivity index (χ0v) is 22.8. The van der Waals surface area contributed by atoms with E-state index in [1.165, 1.54) is 25.7 Å². The van der Waals surface area contributed by atoms with E-state index in [-0.39, 0.29) is 11.5 Å². The third-order valence-corrected chi connectivity index (χ3v) is 6.57. The number of anilines is 2. The number of rotatable bonds is 17. The number of aliphatic imine (C=N–C) groups is 2. The van der Waals surface area contributed by atoms with Gasteiger partial charge in [0.2, 0.25) is 0 Å². The van der Waals surface area contributed by atoms with Crippen molar-refractivity contribution in [2.24, 2.45) is 9.98 Å². The number of hydrogen-bond acceptors (Lipinski definition) is 6. The Hall–Kier alpha value is -3.02. The van der Waals surface area contributed by atoms with E-state index in [0.717, 1.165) is 74.6 Å². The summed E-state index contributed by atoms with van der Waals surface area (Å²) >= 11 is 0. The topological polar surface area (TPSA) is 71.7 Å². The van der Waals surface area contributed by atoms with Gasteiger partial charge in [-0.25, -0.2) is 0 Å². The molecule has 0 amide bonds. The van der Waals surface area contributed by atoms with Crippen LogP contribution in [0, 0.1) is 0 Å². The largest absolute Gasteiger partial charge is 0.507 e. The van der Waals surface area contributed by atoms with Crippen LogP contribution in [-0.2, 0) is 0 Å². The van der Waals surface area contributed by atoms with Crippen LogP contribution in [0.2, 0.25) is 0 Å². The Morgan fingerprint density at radius 2 is 0.944 bits per heavy atom. The van der Waals surface area contributed by atoms with Crippen LogP contribution in [0.25, 0.3) is 0 Å². The Morgan fingerprint density at radius 1 is 0.583 bits per heavy atom. The number of hydrogen-bond donors (Lipinski definition) is 2. The molecular formula is C30H46N4O2. The highest BCUT2D eigenvalue weighted by molar-refractivity contribution is 5.85. The maximum Gasteiger partial charge on any atom is 0.126 e. The highest BCUT2D eigenvalue weighted by Crippen LogP contribution is 2.24. The molecule has 2 rings (SSSR count). The molecule has 0 bridgehead atoms. The summed E-state index contributed by atoms with van der Waals surface area (Å²) in [5.74, 6) is 0.579. The van der Waals surface area contributed by atoms with Gasteiger partial charge in [-0.3, -0.25) is 9.98 Å². The molecule has 36 heavy (non-hydrogen) atoms. The van der Waals surface area contributed by atoms with Crippen molar-refractivity contribution in [2.45, 2.75) is 66.2 Å². The van der Waals surface area contributed by atoms with Gasteiger partial charge in [-0.1, -0.05) is 25.7 Å². The molecule has 0 aliphatic rings. The first-order valence-electron chi connectivity index (χ1n) is 13.7. The average Bonchev–Trinajstić information content (AvgIpc) is 2.88. The predicted molar refractivity (Wildman–Crippen MR) is 156 cm³/mol. The third-order valence-electron chi connectivity index (χ3n) is 6.57. The molecule has 2 aromatic rings. The summed E-state index contributed by atoms with van der Waals surface area (Å²) in [5.41, 5.74) is 3.64. The number of phenolic OH excluding ortho intramolecular Hbond substituents is 2. The Bertz CT molecular complexity index is 872. The summed E-state index contributed by atoms with van der Waals surface area (Å²) in [6.07, 6.45) is 10.4. The second-order valence-corrected chi connectivity index (χ2v) is 9.02. The van der Waals surface area contributed by atoms with Gasteiger partial charge in [-0.2, -0.15) is 0 Å². The van der Waals surface area contributed by atoms with Crippen molar-refractivity contribution in [1.29, 1.82) is 0 Å². The van der Waals surface area contributed by atoms with E-state index in [0.29, 0.717) is 0 Å². The van der Waals surface area contributed by atoms with Crippen molar-refractivity contribution in [3.05, 3.63) is 47.5 Å². The minimum Gasteiger partial charge on any atom is -0.507 e. The molecule has 0 heterocycles. The molecule has 6 heteroatoms. The summed E-state index contributed by atoms with van der Waals surface area (Å²) in [5, 5.41) is 20.6. The van der Waals surface area contributed by atoms with Crippen LogP contribution in [0.4, 0.5) is 11.4 Å². The Morgan fingerprint density at radius 3 is 1.28 bits per heavy atom. The number of unbranched alkanes of at least 4 members (excludes halogenated alkanes) is 5. The van der Waals surface area contributed by atoms with E-state index in [1.54, 1.807) is 12.4 Å². The van der Waals surface area contributed by atoms with Gasteiger partial charge in [-0.15, -0.1) is 0 Å². The predicted octanol–water partition coefficient (Wildman–Crippen LogP) is 6.67. The molecule has 0 saturated carbocycles. The van der Waals surface area contributed by atoms with E-state index in [2.05, 4.69) is 47.5 Å². The molecule has 0 aliphatic heterocycles. The van der Waals surface area contributed by atoms with Gasteiger partial charge >= 0.3 is 0 Å². The maximum atomic E-state index is 10.3. The van der Waals surface area contributed by atoms with Crippen LogP contribution < -0.4 is 9.80 Å². The van der Waals surface area contributed by atoms with Crippen LogP contribution in [0.1, 0.15) is 77.3 Å². The number of phenols is 2. The average molecular weight is 495 g/mol. The molecule has 2 N–H and O–H groups in total. The molecule has 0 aromatic heterocycles. The van der Waals surface area contributed by atoms with E-state index in [4.69, 9.17) is 0 Å². The fourth-order valence-corrected chi connectivity index (χ4v) is 4.29. The van der Waals surface area contributed by atoms with Gasteiger partial charge in [0.1, 0.15) is 11.5 Å². The molecule has 0 saturated heterocycles. The molecule has 198 valence electrons. The SMILES string of the molecule is CCN(CC)c1ccc(/C=N/CCCCCCCC/N=C/c2ccc(N(CC)CC)cc2O)c(O)c1. The summed E-state index contributed by atoms with van der Waals surface area (Å²) in [4.78, 5) is 13.4. The number of benzene rings is 2. The number of aromatic hydroxyl groups is 2. The zero-order chi connectivity index (χ0) is 26.2. The van der Waals surface area contributed by atoms with Crippen LogP contribution >= 0.6 is 0 Å². The van der Waals surface area contributed by atoms with Crippen molar-refractivity contribution >= 4 is 23.8 Å². The second-order valence-electron chi connectivity index (χ2n) is 9.02. The summed E-state index contributed by atoms with van der Waals surface area (Å²) < 4.78 is 0. The lowest BCUT2D eigenvalue weighted by molar-refractivity contribution is 0.474. The molecule has 0 aliphatic carbocycles. The van der Waals surface area contributed by atoms with Gasteiger partial charge in [0.15, 0.2) is 0 Å². The first kappa shape index (κ1) is 29.2. The van der Waals surface area contributed by atoms with E-state index in [9.17, 15) is 10.2 Å². The maximum absolute atomic E-state index is 10.3. The van der Waals surface area contributed by atoms with Gasteiger partial charge in [0.05, 0.1) is 0 Å². The molecule has 2 aromatic carbocycles. The van der Waals surface area contributed by atoms with Crippen molar-refractivity contribution in [3.63, 3.8) is 0 Å². The Kier molecular flexibility index (Phi) is 13.5. The Labute approximate surface area is 218 Å². The first-order valence-corrected chi connectivity index (χ1v) is 13.7. The summed E-state index contributed by atoms with van der Waals surface area (Å²) in [7, 11) is 0. The summed E-state index contributed by atoms with van der Waals surface area (Å²) in [6, 6.07) is 11.6. The van der Waals surface area contributed by atoms with E-state index >= 15 is 0 Å². The molecule has 0 atom stereocenters. The zero-order valence-electron chi connectivity index (χ0n) is 22.8. The van der Waals surface area contributed by atoms with Crippen molar-refractivity contribution in [1.82, 2.24) is 0 Å². The van der Waals surface area contributed by atoms with Gasteiger partial charge in [-0.05, 0) is 64.8 Å². The quantitative estimate of drug-likeness (QED) is 0.190. The number of nitrogens with zero attached hydrogens (tertiary/aromatic N) is 4. The molecule has 0 spiro atoms. The Balaban J connectivity index is 1.58. The highest BCUT2D eigenvalue weighted by atomic mass is 16.3. The van der Waals surface area contributed by atoms with Gasteiger partial charge in [0, 0.05) is 86.3 Å². The molecule has 0 unspecified atom stereocenters. The molecule has 0 fully saturated rings. The van der Waals surface area contributed by atoms with Crippen LogP contribution in [0.5, 0.6) is 11.5 Å². The lowest BCUT2D eigenvalue weighted by Crippen LogP contribution is -2.21. The monoisotopic (exact) mass is 494 g/mol. The van der Waals surface area contributed by atoms with Crippen molar-refractivity contribution in [3.8, 4) is 11.5 Å². The van der Waals surface area contributed by atoms with Crippen LogP contribution in [0.3, 0.4) is 0 Å². The normalized spacial score (nSPS) is 11.6. The first-order chi connectivity index (χ1) is 17.5. The molecule has 0 radical (unpaired) electrons. The minimum absolute atomic E-state index is 0.290. The van der Waals surface area contributed by atoms with Gasteiger partial charge < -0.3 is 20.0 Å². The lowest BCUT2D eigenvalue weighted by Gasteiger charge is -2.21. The third kappa shape index (κ3) is 9.56. The fourth-order valence-electron chi connectivity index (χ4n) is 4.29. The van der Waals surface area contributed by atoms with Crippen LogP contribution in [-0.4, -0.2) is 61.9 Å². The van der Waals surface area contributed by atoms with Crippen molar-refractivity contribution < 1.29 is 10.2 Å². The van der Waals surface area contributed by atoms with Crippen molar-refractivity contribution in [2.75, 3.05) is 49.1 Å². The molecule has 6 nitrogen and oxygen atoms in total. The van der Waals surface area contributed by atoms with E-state index in [1.807, 2.05) is 36.4 Å². The van der Waals surface area contributed by atoms with Gasteiger partial charge in [0.25, 0.3) is 0 Å².